The zero-order valence-electron chi connectivity index (χ0n) is 12.7. The number of aromatic nitrogens is 2. The summed E-state index contributed by atoms with van der Waals surface area (Å²) in [5.74, 6) is 1.25. The molecule has 2 aromatic rings. The number of hydrogen-bond donors (Lipinski definition) is 0. The molecular formula is C15H19N3O3S. The van der Waals surface area contributed by atoms with Gasteiger partial charge in [0.05, 0.1) is 6.26 Å². The first-order valence-electron chi connectivity index (χ1n) is 7.29. The summed E-state index contributed by atoms with van der Waals surface area (Å²) >= 11 is 0. The minimum absolute atomic E-state index is 0.129. The Labute approximate surface area is 130 Å². The summed E-state index contributed by atoms with van der Waals surface area (Å²) in [7, 11) is -3.11. The summed E-state index contributed by atoms with van der Waals surface area (Å²) in [6, 6.07) is 7.92. The van der Waals surface area contributed by atoms with Crippen molar-refractivity contribution in [1.82, 2.24) is 14.5 Å². The molecule has 0 amide bonds. The average Bonchev–Trinajstić information content (AvgIpc) is 2.96. The molecule has 0 spiro atoms. The van der Waals surface area contributed by atoms with E-state index in [0.29, 0.717) is 37.7 Å². The third kappa shape index (κ3) is 3.20. The normalized spacial score (nSPS) is 17.7. The van der Waals surface area contributed by atoms with Crippen molar-refractivity contribution in [3.05, 3.63) is 35.7 Å². The number of sulfonamides is 1. The maximum atomic E-state index is 11.5. The van der Waals surface area contributed by atoms with Gasteiger partial charge in [0, 0.05) is 24.6 Å². The molecule has 0 atom stereocenters. The Balaban J connectivity index is 1.73. The topological polar surface area (TPSA) is 76.3 Å². The molecule has 0 aliphatic carbocycles. The summed E-state index contributed by atoms with van der Waals surface area (Å²) in [6.45, 7) is 3.03. The van der Waals surface area contributed by atoms with E-state index in [1.54, 1.807) is 0 Å². The van der Waals surface area contributed by atoms with Crippen molar-refractivity contribution in [3.8, 4) is 11.5 Å². The zero-order chi connectivity index (χ0) is 15.7. The maximum Gasteiger partial charge on any atom is 0.247 e. The predicted octanol–water partition coefficient (Wildman–Crippen LogP) is 2.18. The van der Waals surface area contributed by atoms with E-state index in [0.717, 1.165) is 11.1 Å². The molecule has 1 fully saturated rings. The molecule has 0 radical (unpaired) electrons. The van der Waals surface area contributed by atoms with Crippen LogP contribution in [-0.2, 0) is 10.0 Å². The largest absolute Gasteiger partial charge is 0.420 e. The molecule has 22 heavy (non-hydrogen) atoms. The molecule has 0 saturated carbocycles. The molecule has 0 unspecified atom stereocenters. The Morgan fingerprint density at radius 2 is 1.95 bits per heavy atom. The molecule has 0 N–H and O–H groups in total. The molecule has 3 rings (SSSR count). The summed E-state index contributed by atoms with van der Waals surface area (Å²) in [6.07, 6.45) is 2.67. The van der Waals surface area contributed by atoms with Gasteiger partial charge >= 0.3 is 0 Å². The lowest BCUT2D eigenvalue weighted by atomic mass is 9.98. The van der Waals surface area contributed by atoms with Gasteiger partial charge in [-0.05, 0) is 31.9 Å². The molecule has 0 bridgehead atoms. The fourth-order valence-corrected chi connectivity index (χ4v) is 3.60. The van der Waals surface area contributed by atoms with Gasteiger partial charge in [-0.1, -0.05) is 17.7 Å². The van der Waals surface area contributed by atoms with Gasteiger partial charge in [-0.2, -0.15) is 0 Å². The van der Waals surface area contributed by atoms with Crippen LogP contribution in [0.25, 0.3) is 11.5 Å². The molecular weight excluding hydrogens is 302 g/mol. The second-order valence-electron chi connectivity index (χ2n) is 5.75. The third-order valence-corrected chi connectivity index (χ3v) is 5.28. The number of piperidine rings is 1. The van der Waals surface area contributed by atoms with Crippen LogP contribution in [0.2, 0.25) is 0 Å². The van der Waals surface area contributed by atoms with E-state index in [9.17, 15) is 8.42 Å². The highest BCUT2D eigenvalue weighted by Crippen LogP contribution is 2.30. The summed E-state index contributed by atoms with van der Waals surface area (Å²) < 4.78 is 30.3. The number of aryl methyl sites for hydroxylation is 1. The van der Waals surface area contributed by atoms with Crippen LogP contribution in [0, 0.1) is 6.92 Å². The van der Waals surface area contributed by atoms with E-state index in [-0.39, 0.29) is 5.92 Å². The Kier molecular flexibility index (Phi) is 4.01. The smallest absolute Gasteiger partial charge is 0.247 e. The zero-order valence-corrected chi connectivity index (χ0v) is 13.5. The Morgan fingerprint density at radius 1 is 1.23 bits per heavy atom. The van der Waals surface area contributed by atoms with E-state index in [1.807, 2.05) is 31.2 Å². The molecule has 6 nitrogen and oxygen atoms in total. The van der Waals surface area contributed by atoms with Gasteiger partial charge in [0.1, 0.15) is 0 Å². The lowest BCUT2D eigenvalue weighted by Gasteiger charge is -2.28. The average molecular weight is 321 g/mol. The molecule has 2 heterocycles. The van der Waals surface area contributed by atoms with Gasteiger partial charge < -0.3 is 4.42 Å². The van der Waals surface area contributed by atoms with Crippen LogP contribution < -0.4 is 0 Å². The number of rotatable bonds is 3. The van der Waals surface area contributed by atoms with Crippen LogP contribution in [0.1, 0.15) is 30.2 Å². The van der Waals surface area contributed by atoms with Gasteiger partial charge in [-0.25, -0.2) is 12.7 Å². The minimum atomic E-state index is -3.11. The molecule has 1 aliphatic heterocycles. The van der Waals surface area contributed by atoms with Crippen molar-refractivity contribution in [2.45, 2.75) is 25.7 Å². The maximum absolute atomic E-state index is 11.5. The van der Waals surface area contributed by atoms with Crippen molar-refractivity contribution in [3.63, 3.8) is 0 Å². The van der Waals surface area contributed by atoms with E-state index in [4.69, 9.17) is 4.42 Å². The van der Waals surface area contributed by atoms with Gasteiger partial charge in [0.2, 0.25) is 21.8 Å². The highest BCUT2D eigenvalue weighted by Gasteiger charge is 2.28. The lowest BCUT2D eigenvalue weighted by molar-refractivity contribution is 0.293. The van der Waals surface area contributed by atoms with Gasteiger partial charge in [0.15, 0.2) is 0 Å². The van der Waals surface area contributed by atoms with Crippen LogP contribution in [0.3, 0.4) is 0 Å². The fourth-order valence-electron chi connectivity index (χ4n) is 2.73. The molecule has 1 aromatic carbocycles. The second-order valence-corrected chi connectivity index (χ2v) is 7.73. The first-order chi connectivity index (χ1) is 10.4. The fraction of sp³-hybridized carbons (Fsp3) is 0.467. The Bertz CT molecular complexity index is 762. The van der Waals surface area contributed by atoms with Gasteiger partial charge in [-0.15, -0.1) is 10.2 Å². The molecule has 118 valence electrons. The number of benzene rings is 1. The van der Waals surface area contributed by atoms with Crippen molar-refractivity contribution in [1.29, 1.82) is 0 Å². The SMILES string of the molecule is Cc1cccc(-c2nnc(C3CCN(S(C)(=O)=O)CC3)o2)c1. The van der Waals surface area contributed by atoms with Crippen LogP contribution in [-0.4, -0.2) is 42.3 Å². The van der Waals surface area contributed by atoms with Crippen LogP contribution in [0.15, 0.2) is 28.7 Å². The van der Waals surface area contributed by atoms with E-state index < -0.39 is 10.0 Å². The van der Waals surface area contributed by atoms with Crippen molar-refractivity contribution < 1.29 is 12.8 Å². The second kappa shape index (κ2) is 5.81. The van der Waals surface area contributed by atoms with E-state index >= 15 is 0 Å². The van der Waals surface area contributed by atoms with Crippen LogP contribution in [0.5, 0.6) is 0 Å². The highest BCUT2D eigenvalue weighted by molar-refractivity contribution is 7.88. The van der Waals surface area contributed by atoms with Crippen molar-refractivity contribution in [2.75, 3.05) is 19.3 Å². The summed E-state index contributed by atoms with van der Waals surface area (Å²) in [5, 5.41) is 8.27. The van der Waals surface area contributed by atoms with E-state index in [2.05, 4.69) is 10.2 Å². The standard InChI is InChI=1S/C15H19N3O3S/c1-11-4-3-5-13(10-11)15-17-16-14(21-15)12-6-8-18(9-7-12)22(2,19)20/h3-5,10,12H,6-9H2,1-2H3. The molecule has 1 aromatic heterocycles. The van der Waals surface area contributed by atoms with Crippen molar-refractivity contribution in [2.24, 2.45) is 0 Å². The Morgan fingerprint density at radius 3 is 2.59 bits per heavy atom. The Hall–Kier alpha value is -1.73. The van der Waals surface area contributed by atoms with Crippen LogP contribution >= 0.6 is 0 Å². The van der Waals surface area contributed by atoms with Crippen LogP contribution in [0.4, 0.5) is 0 Å². The molecule has 1 saturated heterocycles. The van der Waals surface area contributed by atoms with Crippen molar-refractivity contribution >= 4 is 10.0 Å². The molecule has 1 aliphatic rings. The third-order valence-electron chi connectivity index (χ3n) is 3.98. The number of nitrogens with zero attached hydrogens (tertiary/aromatic N) is 3. The summed E-state index contributed by atoms with van der Waals surface area (Å²) in [4.78, 5) is 0. The first-order valence-corrected chi connectivity index (χ1v) is 9.14. The van der Waals surface area contributed by atoms with E-state index in [1.165, 1.54) is 10.6 Å². The lowest BCUT2D eigenvalue weighted by Crippen LogP contribution is -2.37. The minimum Gasteiger partial charge on any atom is -0.420 e. The highest BCUT2D eigenvalue weighted by atomic mass is 32.2. The van der Waals surface area contributed by atoms with Gasteiger partial charge in [0.25, 0.3) is 0 Å². The quantitative estimate of drug-likeness (QED) is 0.866. The predicted molar refractivity (Wildman–Crippen MR) is 82.9 cm³/mol. The monoisotopic (exact) mass is 321 g/mol. The molecule has 7 heteroatoms. The summed E-state index contributed by atoms with van der Waals surface area (Å²) in [5.41, 5.74) is 2.05. The number of hydrogen-bond acceptors (Lipinski definition) is 5. The van der Waals surface area contributed by atoms with Gasteiger partial charge in [-0.3, -0.25) is 0 Å². The first kappa shape index (κ1) is 15.2.